The molecule has 1 fully saturated rings. The first kappa shape index (κ1) is 17.0. The number of likely N-dealkylation sites (N-methyl/N-ethyl adjacent to an activating group) is 1. The van der Waals surface area contributed by atoms with Crippen LogP contribution in [-0.4, -0.2) is 59.2 Å². The minimum atomic E-state index is -0.531. The van der Waals surface area contributed by atoms with Crippen molar-refractivity contribution in [3.8, 4) is 0 Å². The number of likely N-dealkylation sites (tertiary alicyclic amines) is 1. The molecule has 25 heavy (non-hydrogen) atoms. The summed E-state index contributed by atoms with van der Waals surface area (Å²) in [5.74, 6) is -0.494. The van der Waals surface area contributed by atoms with Crippen LogP contribution in [0.2, 0.25) is 0 Å². The summed E-state index contributed by atoms with van der Waals surface area (Å²) in [6, 6.07) is 7.33. The molecule has 2 N–H and O–H groups in total. The van der Waals surface area contributed by atoms with E-state index in [4.69, 9.17) is 0 Å². The minimum absolute atomic E-state index is 0.0376. The molecule has 0 radical (unpaired) electrons. The van der Waals surface area contributed by atoms with Crippen LogP contribution >= 0.6 is 0 Å². The number of rotatable bonds is 5. The fourth-order valence-electron chi connectivity index (χ4n) is 3.09. The number of aromatic amines is 1. The van der Waals surface area contributed by atoms with Gasteiger partial charge < -0.3 is 20.1 Å². The van der Waals surface area contributed by atoms with E-state index in [1.165, 1.54) is 4.90 Å². The molecule has 0 spiro atoms. The molecule has 7 nitrogen and oxygen atoms in total. The maximum absolute atomic E-state index is 12.4. The average molecular weight is 342 g/mol. The van der Waals surface area contributed by atoms with Gasteiger partial charge in [0.15, 0.2) is 0 Å². The number of carbonyl (C=O) groups excluding carboxylic acids is 3. The van der Waals surface area contributed by atoms with Crippen molar-refractivity contribution in [3.05, 3.63) is 36.0 Å². The second-order valence-corrected chi connectivity index (χ2v) is 6.44. The zero-order chi connectivity index (χ0) is 18.0. The number of para-hydroxylation sites is 1. The van der Waals surface area contributed by atoms with Crippen LogP contribution in [0.15, 0.2) is 30.5 Å². The molecule has 3 rings (SSSR count). The van der Waals surface area contributed by atoms with Crippen molar-refractivity contribution in [1.29, 1.82) is 0 Å². The molecule has 0 saturated carbocycles. The number of hydrogen-bond acceptors (Lipinski definition) is 3. The van der Waals surface area contributed by atoms with E-state index in [2.05, 4.69) is 10.3 Å². The highest BCUT2D eigenvalue weighted by atomic mass is 16.2. The molecule has 3 amide bonds. The molecule has 7 heteroatoms. The van der Waals surface area contributed by atoms with Gasteiger partial charge in [-0.25, -0.2) is 0 Å². The first-order chi connectivity index (χ1) is 12.0. The van der Waals surface area contributed by atoms with Gasteiger partial charge in [0.05, 0.1) is 6.54 Å². The summed E-state index contributed by atoms with van der Waals surface area (Å²) in [5, 5.41) is 3.69. The predicted molar refractivity (Wildman–Crippen MR) is 93.6 cm³/mol. The van der Waals surface area contributed by atoms with E-state index in [1.54, 1.807) is 19.0 Å². The number of hydrogen-bond donors (Lipinski definition) is 2. The Hall–Kier alpha value is -2.83. The number of carbonyl (C=O) groups is 3. The van der Waals surface area contributed by atoms with Gasteiger partial charge in [-0.15, -0.1) is 0 Å². The Labute approximate surface area is 146 Å². The summed E-state index contributed by atoms with van der Waals surface area (Å²) in [6.07, 6.45) is 2.70. The summed E-state index contributed by atoms with van der Waals surface area (Å²) >= 11 is 0. The number of fused-ring (bicyclic) bond motifs is 1. The van der Waals surface area contributed by atoms with Gasteiger partial charge in [-0.05, 0) is 18.1 Å². The standard InChI is InChI=1S/C18H22N4O3/c1-21(2)17(24)10-20-18(25)15-7-8-16(23)22(15)11-12-9-19-14-6-4-3-5-13(12)14/h3-6,9,15,19H,7-8,10-11H2,1-2H3,(H,20,25). The molecule has 1 aliphatic rings. The third-order valence-corrected chi connectivity index (χ3v) is 4.56. The van der Waals surface area contributed by atoms with E-state index in [0.29, 0.717) is 19.4 Å². The van der Waals surface area contributed by atoms with E-state index >= 15 is 0 Å². The molecule has 0 aliphatic carbocycles. The molecule has 0 bridgehead atoms. The Bertz CT molecular complexity index is 812. The van der Waals surface area contributed by atoms with E-state index in [1.807, 2.05) is 30.5 Å². The van der Waals surface area contributed by atoms with E-state index in [0.717, 1.165) is 16.5 Å². The minimum Gasteiger partial charge on any atom is -0.361 e. The molecule has 132 valence electrons. The van der Waals surface area contributed by atoms with Crippen molar-refractivity contribution in [2.75, 3.05) is 20.6 Å². The Morgan fingerprint density at radius 1 is 1.32 bits per heavy atom. The first-order valence-electron chi connectivity index (χ1n) is 8.29. The second-order valence-electron chi connectivity index (χ2n) is 6.44. The average Bonchev–Trinajstić information content (AvgIpc) is 3.17. The Kier molecular flexibility index (Phi) is 4.74. The number of amides is 3. The highest BCUT2D eigenvalue weighted by molar-refractivity contribution is 5.93. The molecule has 2 aromatic rings. The quantitative estimate of drug-likeness (QED) is 0.845. The van der Waals surface area contributed by atoms with Crippen LogP contribution in [0, 0.1) is 0 Å². The van der Waals surface area contributed by atoms with Gasteiger partial charge >= 0.3 is 0 Å². The SMILES string of the molecule is CN(C)C(=O)CNC(=O)C1CCC(=O)N1Cc1c[nH]c2ccccc12. The highest BCUT2D eigenvalue weighted by Gasteiger charge is 2.36. The van der Waals surface area contributed by atoms with Crippen LogP contribution in [0.1, 0.15) is 18.4 Å². The van der Waals surface area contributed by atoms with Crippen LogP contribution in [-0.2, 0) is 20.9 Å². The van der Waals surface area contributed by atoms with Gasteiger partial charge in [0.25, 0.3) is 0 Å². The van der Waals surface area contributed by atoms with Crippen molar-refractivity contribution in [2.24, 2.45) is 0 Å². The lowest BCUT2D eigenvalue weighted by atomic mass is 10.1. The Morgan fingerprint density at radius 3 is 2.84 bits per heavy atom. The lowest BCUT2D eigenvalue weighted by Crippen LogP contribution is -2.46. The number of benzene rings is 1. The van der Waals surface area contributed by atoms with Crippen molar-refractivity contribution < 1.29 is 14.4 Å². The van der Waals surface area contributed by atoms with Crippen LogP contribution in [0.4, 0.5) is 0 Å². The number of aromatic nitrogens is 1. The van der Waals surface area contributed by atoms with E-state index in [-0.39, 0.29) is 24.3 Å². The fourth-order valence-corrected chi connectivity index (χ4v) is 3.09. The van der Waals surface area contributed by atoms with Crippen LogP contribution < -0.4 is 5.32 Å². The maximum Gasteiger partial charge on any atom is 0.243 e. The summed E-state index contributed by atoms with van der Waals surface area (Å²) in [5.41, 5.74) is 1.98. The molecule has 1 aromatic heterocycles. The Morgan fingerprint density at radius 2 is 2.08 bits per heavy atom. The van der Waals surface area contributed by atoms with Gasteiger partial charge in [-0.1, -0.05) is 18.2 Å². The molecule has 2 heterocycles. The molecular weight excluding hydrogens is 320 g/mol. The van der Waals surface area contributed by atoms with Gasteiger partial charge in [-0.2, -0.15) is 0 Å². The van der Waals surface area contributed by atoms with Crippen molar-refractivity contribution >= 4 is 28.6 Å². The van der Waals surface area contributed by atoms with Crippen molar-refractivity contribution in [3.63, 3.8) is 0 Å². The van der Waals surface area contributed by atoms with Crippen LogP contribution in [0.25, 0.3) is 10.9 Å². The monoisotopic (exact) mass is 342 g/mol. The molecular formula is C18H22N4O3. The summed E-state index contributed by atoms with van der Waals surface area (Å²) in [4.78, 5) is 42.5. The topological polar surface area (TPSA) is 85.5 Å². The summed E-state index contributed by atoms with van der Waals surface area (Å²) in [7, 11) is 3.27. The number of nitrogens with zero attached hydrogens (tertiary/aromatic N) is 2. The third kappa shape index (κ3) is 3.50. The largest absolute Gasteiger partial charge is 0.361 e. The highest BCUT2D eigenvalue weighted by Crippen LogP contribution is 2.25. The lowest BCUT2D eigenvalue weighted by Gasteiger charge is -2.24. The van der Waals surface area contributed by atoms with Crippen LogP contribution in [0.5, 0.6) is 0 Å². The smallest absolute Gasteiger partial charge is 0.243 e. The molecule has 1 saturated heterocycles. The van der Waals surface area contributed by atoms with Crippen LogP contribution in [0.3, 0.4) is 0 Å². The third-order valence-electron chi connectivity index (χ3n) is 4.56. The van der Waals surface area contributed by atoms with Gasteiger partial charge in [0.1, 0.15) is 6.04 Å². The van der Waals surface area contributed by atoms with E-state index in [9.17, 15) is 14.4 Å². The Balaban J connectivity index is 1.71. The van der Waals surface area contributed by atoms with E-state index < -0.39 is 6.04 Å². The molecule has 1 aliphatic heterocycles. The fraction of sp³-hybridized carbons (Fsp3) is 0.389. The van der Waals surface area contributed by atoms with Crippen molar-refractivity contribution in [2.45, 2.75) is 25.4 Å². The second kappa shape index (κ2) is 6.96. The molecule has 1 unspecified atom stereocenters. The number of H-pyrrole nitrogens is 1. The molecule has 1 aromatic carbocycles. The predicted octanol–water partition coefficient (Wildman–Crippen LogP) is 0.863. The first-order valence-corrected chi connectivity index (χ1v) is 8.29. The zero-order valence-electron chi connectivity index (χ0n) is 14.4. The summed E-state index contributed by atoms with van der Waals surface area (Å²) in [6.45, 7) is 0.319. The van der Waals surface area contributed by atoms with Gasteiger partial charge in [0, 0.05) is 44.2 Å². The normalized spacial score (nSPS) is 17.1. The maximum atomic E-state index is 12.4. The number of nitrogens with one attached hydrogen (secondary N) is 2. The summed E-state index contributed by atoms with van der Waals surface area (Å²) < 4.78 is 0. The lowest BCUT2D eigenvalue weighted by molar-refractivity contribution is -0.137. The zero-order valence-corrected chi connectivity index (χ0v) is 14.4. The molecule has 1 atom stereocenters. The van der Waals surface area contributed by atoms with Gasteiger partial charge in [-0.3, -0.25) is 14.4 Å². The van der Waals surface area contributed by atoms with Gasteiger partial charge in [0.2, 0.25) is 17.7 Å². The van der Waals surface area contributed by atoms with Crippen molar-refractivity contribution in [1.82, 2.24) is 20.1 Å².